The number of methoxy groups -OCH3 is 1. The summed E-state index contributed by atoms with van der Waals surface area (Å²) in [7, 11) is -0.618. The molecule has 0 atom stereocenters. The lowest BCUT2D eigenvalue weighted by molar-refractivity contribution is 0.399. The van der Waals surface area contributed by atoms with Gasteiger partial charge in [-0.3, -0.25) is 0 Å². The minimum atomic E-state index is -3.58. The number of hydrogen-bond acceptors (Lipinski definition) is 3. The molecule has 100 valence electrons. The van der Waals surface area contributed by atoms with Gasteiger partial charge < -0.3 is 4.74 Å². The molecule has 0 saturated carbocycles. The van der Waals surface area contributed by atoms with E-state index in [4.69, 9.17) is 4.74 Å². The van der Waals surface area contributed by atoms with Crippen molar-refractivity contribution in [3.05, 3.63) is 34.8 Å². The summed E-state index contributed by atoms with van der Waals surface area (Å²) >= 11 is 3.26. The van der Waals surface area contributed by atoms with Gasteiger partial charge in [-0.25, -0.2) is 8.42 Å². The SMILES string of the molecule is C=C(C)CN(C)S(=O)(=O)c1cc(Br)ccc1OC. The van der Waals surface area contributed by atoms with Crippen LogP contribution in [0.4, 0.5) is 0 Å². The van der Waals surface area contributed by atoms with Crippen molar-refractivity contribution in [3.8, 4) is 5.75 Å². The predicted molar refractivity (Wildman–Crippen MR) is 75.3 cm³/mol. The lowest BCUT2D eigenvalue weighted by Crippen LogP contribution is -2.28. The molecule has 0 spiro atoms. The largest absolute Gasteiger partial charge is 0.495 e. The summed E-state index contributed by atoms with van der Waals surface area (Å²) < 4.78 is 31.8. The van der Waals surface area contributed by atoms with Gasteiger partial charge in [0.05, 0.1) is 7.11 Å². The third-order valence-corrected chi connectivity index (χ3v) is 4.62. The van der Waals surface area contributed by atoms with Crippen LogP contribution >= 0.6 is 15.9 Å². The maximum absolute atomic E-state index is 12.4. The Kier molecular flexibility index (Phi) is 4.95. The second-order valence-corrected chi connectivity index (χ2v) is 6.94. The average Bonchev–Trinajstić information content (AvgIpc) is 2.28. The standard InChI is InChI=1S/C12H16BrNO3S/c1-9(2)8-14(3)18(15,16)12-7-10(13)5-6-11(12)17-4/h5-7H,1,8H2,2-4H3. The predicted octanol–water partition coefficient (Wildman–Crippen LogP) is 2.65. The minimum absolute atomic E-state index is 0.142. The molecule has 0 aromatic heterocycles. The Balaban J connectivity index is 3.27. The van der Waals surface area contributed by atoms with E-state index in [2.05, 4.69) is 22.5 Å². The molecule has 0 unspecified atom stereocenters. The Morgan fingerprint density at radius 3 is 2.61 bits per heavy atom. The van der Waals surface area contributed by atoms with Crippen molar-refractivity contribution in [2.24, 2.45) is 0 Å². The lowest BCUT2D eigenvalue weighted by Gasteiger charge is -2.19. The van der Waals surface area contributed by atoms with Gasteiger partial charge in [-0.1, -0.05) is 28.1 Å². The van der Waals surface area contributed by atoms with Crippen LogP contribution in [0.5, 0.6) is 5.75 Å². The number of hydrogen-bond donors (Lipinski definition) is 0. The molecule has 0 saturated heterocycles. The van der Waals surface area contributed by atoms with E-state index in [0.29, 0.717) is 10.2 Å². The van der Waals surface area contributed by atoms with Crippen LogP contribution in [0.3, 0.4) is 0 Å². The molecule has 0 aliphatic rings. The average molecular weight is 334 g/mol. The zero-order valence-corrected chi connectivity index (χ0v) is 13.0. The highest BCUT2D eigenvalue weighted by Gasteiger charge is 2.24. The van der Waals surface area contributed by atoms with Crippen LogP contribution in [-0.2, 0) is 10.0 Å². The first-order valence-electron chi connectivity index (χ1n) is 5.23. The van der Waals surface area contributed by atoms with Gasteiger partial charge in [-0.05, 0) is 25.1 Å². The second-order valence-electron chi connectivity index (χ2n) is 4.01. The summed E-state index contributed by atoms with van der Waals surface area (Å²) in [6, 6.07) is 4.88. The summed E-state index contributed by atoms with van der Waals surface area (Å²) in [5.74, 6) is 0.326. The molecule has 0 bridgehead atoms. The van der Waals surface area contributed by atoms with E-state index in [0.717, 1.165) is 5.57 Å². The zero-order chi connectivity index (χ0) is 13.9. The normalized spacial score (nSPS) is 11.6. The van der Waals surface area contributed by atoms with Gasteiger partial charge in [0.25, 0.3) is 0 Å². The lowest BCUT2D eigenvalue weighted by atomic mass is 10.3. The van der Waals surface area contributed by atoms with Gasteiger partial charge in [0.2, 0.25) is 10.0 Å². The van der Waals surface area contributed by atoms with Crippen LogP contribution in [0, 0.1) is 0 Å². The molecule has 0 aliphatic heterocycles. The van der Waals surface area contributed by atoms with Crippen molar-refractivity contribution in [2.75, 3.05) is 20.7 Å². The third kappa shape index (κ3) is 3.34. The Bertz CT molecular complexity index is 554. The number of likely N-dealkylation sites (N-methyl/N-ethyl adjacent to an activating group) is 1. The number of nitrogens with zero attached hydrogens (tertiary/aromatic N) is 1. The van der Waals surface area contributed by atoms with E-state index in [9.17, 15) is 8.42 Å². The first-order chi connectivity index (χ1) is 8.28. The maximum atomic E-state index is 12.4. The van der Waals surface area contributed by atoms with Crippen LogP contribution in [-0.4, -0.2) is 33.4 Å². The van der Waals surface area contributed by atoms with Crippen molar-refractivity contribution in [1.82, 2.24) is 4.31 Å². The fraction of sp³-hybridized carbons (Fsp3) is 0.333. The molecule has 0 heterocycles. The Hall–Kier alpha value is -0.850. The number of ether oxygens (including phenoxy) is 1. The van der Waals surface area contributed by atoms with Gasteiger partial charge in [-0.15, -0.1) is 0 Å². The third-order valence-electron chi connectivity index (χ3n) is 2.31. The van der Waals surface area contributed by atoms with Crippen molar-refractivity contribution in [3.63, 3.8) is 0 Å². The first-order valence-corrected chi connectivity index (χ1v) is 7.46. The van der Waals surface area contributed by atoms with Crippen LogP contribution in [0.2, 0.25) is 0 Å². The molecular formula is C12H16BrNO3S. The molecule has 6 heteroatoms. The molecule has 18 heavy (non-hydrogen) atoms. The molecule has 0 fully saturated rings. The van der Waals surface area contributed by atoms with Gasteiger partial charge in [0.1, 0.15) is 10.6 Å². The van der Waals surface area contributed by atoms with Crippen molar-refractivity contribution >= 4 is 26.0 Å². The second kappa shape index (κ2) is 5.86. The molecule has 1 aromatic rings. The number of halogens is 1. The van der Waals surface area contributed by atoms with Gasteiger partial charge in [0.15, 0.2) is 0 Å². The number of rotatable bonds is 5. The molecule has 0 radical (unpaired) electrons. The van der Waals surface area contributed by atoms with E-state index < -0.39 is 10.0 Å². The summed E-state index contributed by atoms with van der Waals surface area (Å²) in [5, 5.41) is 0. The van der Waals surface area contributed by atoms with E-state index in [-0.39, 0.29) is 11.4 Å². The van der Waals surface area contributed by atoms with E-state index in [1.165, 1.54) is 24.5 Å². The molecular weight excluding hydrogens is 318 g/mol. The van der Waals surface area contributed by atoms with Gasteiger partial charge in [0, 0.05) is 18.1 Å². The van der Waals surface area contributed by atoms with E-state index >= 15 is 0 Å². The quantitative estimate of drug-likeness (QED) is 0.778. The Labute approximate surface area is 116 Å². The minimum Gasteiger partial charge on any atom is -0.495 e. The topological polar surface area (TPSA) is 46.6 Å². The maximum Gasteiger partial charge on any atom is 0.246 e. The molecule has 0 aliphatic carbocycles. The van der Waals surface area contributed by atoms with E-state index in [1.807, 2.05) is 0 Å². The molecule has 0 amide bonds. The van der Waals surface area contributed by atoms with Crippen molar-refractivity contribution in [2.45, 2.75) is 11.8 Å². The highest BCUT2D eigenvalue weighted by atomic mass is 79.9. The van der Waals surface area contributed by atoms with Crippen LogP contribution in [0.25, 0.3) is 0 Å². The monoisotopic (exact) mass is 333 g/mol. The highest BCUT2D eigenvalue weighted by Crippen LogP contribution is 2.29. The summed E-state index contributed by atoms with van der Waals surface area (Å²) in [4.78, 5) is 0.142. The summed E-state index contributed by atoms with van der Waals surface area (Å²) in [5.41, 5.74) is 0.773. The number of sulfonamides is 1. The first kappa shape index (κ1) is 15.2. The van der Waals surface area contributed by atoms with Crippen LogP contribution < -0.4 is 4.74 Å². The fourth-order valence-electron chi connectivity index (χ4n) is 1.49. The van der Waals surface area contributed by atoms with Crippen LogP contribution in [0.15, 0.2) is 39.7 Å². The van der Waals surface area contributed by atoms with Crippen molar-refractivity contribution in [1.29, 1.82) is 0 Å². The Morgan fingerprint density at radius 2 is 2.11 bits per heavy atom. The van der Waals surface area contributed by atoms with Crippen LogP contribution in [0.1, 0.15) is 6.92 Å². The summed E-state index contributed by atoms with van der Waals surface area (Å²) in [6.45, 7) is 5.77. The molecule has 1 aromatic carbocycles. The van der Waals surface area contributed by atoms with E-state index in [1.54, 1.807) is 19.1 Å². The highest BCUT2D eigenvalue weighted by molar-refractivity contribution is 9.10. The zero-order valence-electron chi connectivity index (χ0n) is 10.6. The number of benzene rings is 1. The molecule has 0 N–H and O–H groups in total. The van der Waals surface area contributed by atoms with Crippen molar-refractivity contribution < 1.29 is 13.2 Å². The van der Waals surface area contributed by atoms with Gasteiger partial charge in [-0.2, -0.15) is 4.31 Å². The summed E-state index contributed by atoms with van der Waals surface area (Å²) in [6.07, 6.45) is 0. The molecule has 4 nitrogen and oxygen atoms in total. The smallest absolute Gasteiger partial charge is 0.246 e. The van der Waals surface area contributed by atoms with Gasteiger partial charge >= 0.3 is 0 Å². The fourth-order valence-corrected chi connectivity index (χ4v) is 3.41. The molecule has 1 rings (SSSR count). The Morgan fingerprint density at radius 1 is 1.50 bits per heavy atom.